The number of ether oxygens (including phenoxy) is 2. The molecule has 1 aromatic carbocycles. The molecule has 2 atom stereocenters. The molecule has 2 unspecified atom stereocenters. The van der Waals surface area contributed by atoms with E-state index >= 15 is 0 Å². The van der Waals surface area contributed by atoms with Crippen molar-refractivity contribution in [2.45, 2.75) is 19.4 Å². The molecule has 2 heterocycles. The summed E-state index contributed by atoms with van der Waals surface area (Å²) in [6.45, 7) is 7.71. The zero-order chi connectivity index (χ0) is 16.1. The number of carbonyl (C=O) groups excluding carboxylic acids is 1. The molecule has 0 aliphatic carbocycles. The molecule has 2 aliphatic heterocycles. The quantitative estimate of drug-likeness (QED) is 0.893. The van der Waals surface area contributed by atoms with Crippen molar-refractivity contribution >= 4 is 5.91 Å². The molecule has 0 spiro atoms. The Hall–Kier alpha value is -1.43. The largest absolute Gasteiger partial charge is 0.381 e. The second-order valence-electron chi connectivity index (χ2n) is 6.42. The fourth-order valence-electron chi connectivity index (χ4n) is 3.44. The predicted octanol–water partition coefficient (Wildman–Crippen LogP) is 1.46. The molecule has 5 nitrogen and oxygen atoms in total. The summed E-state index contributed by atoms with van der Waals surface area (Å²) in [5.41, 5.74) is 1.83. The molecular formula is C18H26N2O3. The minimum Gasteiger partial charge on any atom is -0.381 e. The first-order valence-corrected chi connectivity index (χ1v) is 8.48. The summed E-state index contributed by atoms with van der Waals surface area (Å²) in [6.07, 6.45) is 1.07. The third kappa shape index (κ3) is 4.31. The van der Waals surface area contributed by atoms with E-state index in [-0.39, 0.29) is 5.91 Å². The summed E-state index contributed by atoms with van der Waals surface area (Å²) in [6, 6.07) is 8.05. The number of morpholine rings is 1. The molecule has 0 bridgehead atoms. The highest BCUT2D eigenvalue weighted by Gasteiger charge is 2.31. The van der Waals surface area contributed by atoms with Crippen LogP contribution in [0.5, 0.6) is 0 Å². The van der Waals surface area contributed by atoms with Crippen LogP contribution in [0.25, 0.3) is 0 Å². The Balaban J connectivity index is 1.62. The van der Waals surface area contributed by atoms with E-state index in [1.54, 1.807) is 0 Å². The lowest BCUT2D eigenvalue weighted by atomic mass is 9.96. The third-order valence-corrected chi connectivity index (χ3v) is 4.78. The lowest BCUT2D eigenvalue weighted by Gasteiger charge is -2.37. The van der Waals surface area contributed by atoms with Crippen molar-refractivity contribution in [1.29, 1.82) is 0 Å². The van der Waals surface area contributed by atoms with Gasteiger partial charge in [0.1, 0.15) is 0 Å². The monoisotopic (exact) mass is 318 g/mol. The van der Waals surface area contributed by atoms with Crippen molar-refractivity contribution in [2.24, 2.45) is 5.92 Å². The molecule has 2 fully saturated rings. The minimum atomic E-state index is 0.00544. The first-order chi connectivity index (χ1) is 11.2. The van der Waals surface area contributed by atoms with Crippen molar-refractivity contribution in [2.75, 3.05) is 46.1 Å². The Morgan fingerprint density at radius 2 is 2.13 bits per heavy atom. The van der Waals surface area contributed by atoms with Gasteiger partial charge in [0.25, 0.3) is 5.91 Å². The van der Waals surface area contributed by atoms with Crippen LogP contribution in [-0.2, 0) is 9.47 Å². The Labute approximate surface area is 137 Å². The molecule has 5 heteroatoms. The predicted molar refractivity (Wildman–Crippen MR) is 88.6 cm³/mol. The van der Waals surface area contributed by atoms with Crippen LogP contribution in [0.2, 0.25) is 0 Å². The summed E-state index contributed by atoms with van der Waals surface area (Å²) >= 11 is 0. The van der Waals surface area contributed by atoms with Gasteiger partial charge >= 0.3 is 0 Å². The molecule has 3 rings (SSSR count). The Morgan fingerprint density at radius 1 is 1.30 bits per heavy atom. The van der Waals surface area contributed by atoms with E-state index in [0.717, 1.165) is 57.1 Å². The molecule has 23 heavy (non-hydrogen) atoms. The number of benzene rings is 1. The van der Waals surface area contributed by atoms with Gasteiger partial charge in [0.05, 0.1) is 19.8 Å². The van der Waals surface area contributed by atoms with Crippen LogP contribution in [0.15, 0.2) is 24.3 Å². The second kappa shape index (κ2) is 7.90. The van der Waals surface area contributed by atoms with Gasteiger partial charge in [-0.05, 0) is 25.5 Å². The molecule has 1 amide bonds. The van der Waals surface area contributed by atoms with Crippen LogP contribution >= 0.6 is 0 Å². The molecular weight excluding hydrogens is 292 g/mol. The average Bonchev–Trinajstić information content (AvgIpc) is 3.10. The van der Waals surface area contributed by atoms with Crippen LogP contribution in [0.4, 0.5) is 0 Å². The number of rotatable bonds is 5. The van der Waals surface area contributed by atoms with E-state index in [4.69, 9.17) is 9.47 Å². The van der Waals surface area contributed by atoms with Crippen molar-refractivity contribution < 1.29 is 14.3 Å². The summed E-state index contributed by atoms with van der Waals surface area (Å²) in [7, 11) is 0. The fraction of sp³-hybridized carbons (Fsp3) is 0.611. The zero-order valence-electron chi connectivity index (χ0n) is 13.8. The summed E-state index contributed by atoms with van der Waals surface area (Å²) < 4.78 is 11.0. The van der Waals surface area contributed by atoms with E-state index < -0.39 is 0 Å². The number of hydrogen-bond donors (Lipinski definition) is 1. The maximum atomic E-state index is 12.4. The summed E-state index contributed by atoms with van der Waals surface area (Å²) in [5, 5.41) is 3.12. The van der Waals surface area contributed by atoms with Gasteiger partial charge in [-0.3, -0.25) is 9.69 Å². The van der Waals surface area contributed by atoms with Gasteiger partial charge in [0.15, 0.2) is 0 Å². The van der Waals surface area contributed by atoms with Gasteiger partial charge in [-0.2, -0.15) is 0 Å². The number of carbonyl (C=O) groups is 1. The lowest BCUT2D eigenvalue weighted by Crippen LogP contribution is -2.52. The first-order valence-electron chi connectivity index (χ1n) is 8.48. The van der Waals surface area contributed by atoms with Crippen LogP contribution in [0.1, 0.15) is 22.3 Å². The second-order valence-corrected chi connectivity index (χ2v) is 6.42. The molecule has 0 radical (unpaired) electrons. The number of hydrogen-bond acceptors (Lipinski definition) is 4. The van der Waals surface area contributed by atoms with Gasteiger partial charge in [-0.25, -0.2) is 0 Å². The van der Waals surface area contributed by atoms with Crippen LogP contribution < -0.4 is 5.32 Å². The van der Waals surface area contributed by atoms with Crippen LogP contribution in [0.3, 0.4) is 0 Å². The first kappa shape index (κ1) is 16.4. The highest BCUT2D eigenvalue weighted by Crippen LogP contribution is 2.22. The highest BCUT2D eigenvalue weighted by atomic mass is 16.5. The zero-order valence-corrected chi connectivity index (χ0v) is 13.8. The van der Waals surface area contributed by atoms with E-state index in [1.165, 1.54) is 0 Å². The van der Waals surface area contributed by atoms with Gasteiger partial charge < -0.3 is 14.8 Å². The Morgan fingerprint density at radius 3 is 2.83 bits per heavy atom. The number of nitrogens with one attached hydrogen (secondary N) is 1. The molecule has 2 saturated heterocycles. The van der Waals surface area contributed by atoms with Gasteiger partial charge in [-0.1, -0.05) is 17.7 Å². The van der Waals surface area contributed by atoms with Crippen molar-refractivity contribution in [3.63, 3.8) is 0 Å². The van der Waals surface area contributed by atoms with E-state index in [9.17, 15) is 4.79 Å². The smallest absolute Gasteiger partial charge is 0.251 e. The number of aryl methyl sites for hydroxylation is 1. The van der Waals surface area contributed by atoms with E-state index in [1.807, 2.05) is 31.2 Å². The Kier molecular flexibility index (Phi) is 5.65. The summed E-state index contributed by atoms with van der Waals surface area (Å²) in [5.74, 6) is 0.497. The van der Waals surface area contributed by atoms with Gasteiger partial charge in [-0.15, -0.1) is 0 Å². The Bertz CT molecular complexity index is 523. The van der Waals surface area contributed by atoms with Gasteiger partial charge in [0, 0.05) is 43.8 Å². The topological polar surface area (TPSA) is 50.8 Å². The fourth-order valence-corrected chi connectivity index (χ4v) is 3.44. The van der Waals surface area contributed by atoms with Crippen LogP contribution in [0, 0.1) is 12.8 Å². The molecule has 0 aromatic heterocycles. The molecule has 1 N–H and O–H groups in total. The highest BCUT2D eigenvalue weighted by molar-refractivity contribution is 5.94. The lowest BCUT2D eigenvalue weighted by molar-refractivity contribution is 0.00166. The maximum Gasteiger partial charge on any atom is 0.251 e. The average molecular weight is 318 g/mol. The SMILES string of the molecule is Cc1cccc(C(=O)NCC(C2CCOC2)N2CCOCC2)c1. The van der Waals surface area contributed by atoms with E-state index in [0.29, 0.717) is 18.5 Å². The van der Waals surface area contributed by atoms with Gasteiger partial charge in [0.2, 0.25) is 0 Å². The van der Waals surface area contributed by atoms with Crippen molar-refractivity contribution in [3.8, 4) is 0 Å². The van der Waals surface area contributed by atoms with Crippen LogP contribution in [-0.4, -0.2) is 62.9 Å². The third-order valence-electron chi connectivity index (χ3n) is 4.78. The number of nitrogens with zero attached hydrogens (tertiary/aromatic N) is 1. The maximum absolute atomic E-state index is 12.4. The number of amides is 1. The molecule has 2 aliphatic rings. The minimum absolute atomic E-state index is 0.00544. The normalized spacial score (nSPS) is 23.6. The molecule has 126 valence electrons. The van der Waals surface area contributed by atoms with Crippen molar-refractivity contribution in [1.82, 2.24) is 10.2 Å². The molecule has 1 aromatic rings. The van der Waals surface area contributed by atoms with E-state index in [2.05, 4.69) is 10.2 Å². The molecule has 0 saturated carbocycles. The van der Waals surface area contributed by atoms with Crippen molar-refractivity contribution in [3.05, 3.63) is 35.4 Å². The summed E-state index contributed by atoms with van der Waals surface area (Å²) in [4.78, 5) is 14.9. The standard InChI is InChI=1S/C18H26N2O3/c1-14-3-2-4-15(11-14)18(21)19-12-17(16-5-8-23-13-16)20-6-9-22-10-7-20/h2-4,11,16-17H,5-10,12-13H2,1H3,(H,19,21).